The lowest BCUT2D eigenvalue weighted by Gasteiger charge is -2.30. The predicted molar refractivity (Wildman–Crippen MR) is 455 cm³/mol. The van der Waals surface area contributed by atoms with Crippen LogP contribution >= 0.6 is 0 Å². The number of nitrogens with one attached hydrogen (secondary N) is 4. The molecule has 4 N–H and O–H groups in total. The van der Waals surface area contributed by atoms with E-state index in [2.05, 4.69) is 406 Å². The molecular weight excluding hydrogens is 1330 g/mol. The summed E-state index contributed by atoms with van der Waals surface area (Å²) < 4.78 is 0. The summed E-state index contributed by atoms with van der Waals surface area (Å²) >= 11 is 0. The lowest BCUT2D eigenvalue weighted by atomic mass is 10.0. The SMILES string of the molecule is C1=Cc2nc1c(-c1ccccc1)c1ccc([nH]1)c(-c1ccccc1)c1nc(c(-c3ccccc3)c3[nH]c(cc3/C=C\C3=CN(c4ccccc4)N(c4cc5[nH]c4c(-c4ccccc4)c4nc(c(-c6ccccc6)c6ccc([nH]6)c(-c6ccccc6)c6nc(c5-c5ccccc5)C=C6)C=C4)C3)c2-c2ccccc2)C=C1. The van der Waals surface area contributed by atoms with Gasteiger partial charge < -0.3 is 19.9 Å². The number of benzene rings is 9. The first kappa shape index (κ1) is 63.9. The zero-order chi connectivity index (χ0) is 72.1. The van der Waals surface area contributed by atoms with E-state index in [-0.39, 0.29) is 0 Å². The topological polar surface area (TPSA) is 121 Å². The van der Waals surface area contributed by atoms with Gasteiger partial charge in [-0.05, 0) is 147 Å². The second-order valence-corrected chi connectivity index (χ2v) is 27.6. The summed E-state index contributed by atoms with van der Waals surface area (Å²) in [5.74, 6) is 0. The third-order valence-corrected chi connectivity index (χ3v) is 20.9. The number of hydrogen-bond donors (Lipinski definition) is 4. The molecule has 15 aromatic rings. The first-order valence-corrected chi connectivity index (χ1v) is 36.9. The molecule has 10 nitrogen and oxygen atoms in total. The first-order valence-electron chi connectivity index (χ1n) is 36.9. The number of aromatic nitrogens is 8. The van der Waals surface area contributed by atoms with Crippen LogP contribution in [0.25, 0.3) is 188 Å². The van der Waals surface area contributed by atoms with E-state index < -0.39 is 0 Å². The molecule has 0 fully saturated rings. The summed E-state index contributed by atoms with van der Waals surface area (Å²) in [6.45, 7) is 0.475. The number of para-hydroxylation sites is 1. The highest BCUT2D eigenvalue weighted by molar-refractivity contribution is 6.06. The molecule has 5 aliphatic rings. The van der Waals surface area contributed by atoms with Gasteiger partial charge in [-0.1, -0.05) is 273 Å². The number of hydrogen-bond acceptors (Lipinski definition) is 6. The average molecular weight is 1400 g/mol. The summed E-state index contributed by atoms with van der Waals surface area (Å²) in [7, 11) is 0. The number of fused-ring (bicyclic) bond motifs is 16. The Morgan fingerprint density at radius 1 is 0.248 bits per heavy atom. The smallest absolute Gasteiger partial charge is 0.0845 e. The van der Waals surface area contributed by atoms with Crippen LogP contribution in [0.4, 0.5) is 11.4 Å². The fourth-order valence-electron chi connectivity index (χ4n) is 16.0. The van der Waals surface area contributed by atoms with Gasteiger partial charge >= 0.3 is 0 Å². The minimum atomic E-state index is 0.475. The lowest BCUT2D eigenvalue weighted by molar-refractivity contribution is 0.924. The Hall–Kier alpha value is -14.7. The predicted octanol–water partition coefficient (Wildman–Crippen LogP) is 24.8. The van der Waals surface area contributed by atoms with Gasteiger partial charge in [-0.25, -0.2) is 19.9 Å². The van der Waals surface area contributed by atoms with Crippen molar-refractivity contribution in [2.75, 3.05) is 16.6 Å². The monoisotopic (exact) mass is 1400 g/mol. The molecule has 10 heteroatoms. The molecule has 0 saturated heterocycles. The summed E-state index contributed by atoms with van der Waals surface area (Å²) in [5.41, 5.74) is 34.0. The summed E-state index contributed by atoms with van der Waals surface area (Å²) in [6.07, 6.45) is 24.2. The summed E-state index contributed by atoms with van der Waals surface area (Å²) in [5, 5.41) is 4.71. The third kappa shape index (κ3) is 11.8. The van der Waals surface area contributed by atoms with Gasteiger partial charge in [0.2, 0.25) is 0 Å². The summed E-state index contributed by atoms with van der Waals surface area (Å²) in [6, 6.07) is 109. The number of aromatic amines is 4. The van der Waals surface area contributed by atoms with Crippen molar-refractivity contribution < 1.29 is 0 Å². The van der Waals surface area contributed by atoms with Crippen LogP contribution in [0.3, 0.4) is 0 Å². The van der Waals surface area contributed by atoms with Gasteiger partial charge in [0.15, 0.2) is 0 Å². The van der Waals surface area contributed by atoms with Crippen molar-refractivity contribution in [1.29, 1.82) is 0 Å². The van der Waals surface area contributed by atoms with Gasteiger partial charge in [0, 0.05) is 83.9 Å². The van der Waals surface area contributed by atoms with Crippen LogP contribution in [-0.4, -0.2) is 46.4 Å². The Balaban J connectivity index is 0.849. The second-order valence-electron chi connectivity index (χ2n) is 27.6. The van der Waals surface area contributed by atoms with E-state index in [1.807, 2.05) is 0 Å². The summed E-state index contributed by atoms with van der Waals surface area (Å²) in [4.78, 5) is 39.0. The van der Waals surface area contributed by atoms with Crippen LogP contribution in [0, 0.1) is 0 Å². The van der Waals surface area contributed by atoms with E-state index in [9.17, 15) is 0 Å². The maximum Gasteiger partial charge on any atom is 0.0845 e. The van der Waals surface area contributed by atoms with Gasteiger partial charge in [-0.15, -0.1) is 0 Å². The normalized spacial score (nSPS) is 12.9. The van der Waals surface area contributed by atoms with Crippen molar-refractivity contribution >= 4 is 110 Å². The third-order valence-electron chi connectivity index (χ3n) is 20.9. The van der Waals surface area contributed by atoms with Gasteiger partial charge in [-0.3, -0.25) is 10.0 Å². The highest BCUT2D eigenvalue weighted by Gasteiger charge is 2.30. The van der Waals surface area contributed by atoms with Crippen LogP contribution < -0.4 is 10.0 Å². The maximum atomic E-state index is 5.77. The van der Waals surface area contributed by atoms with Crippen molar-refractivity contribution in [2.45, 2.75) is 0 Å². The van der Waals surface area contributed by atoms with Gasteiger partial charge in [0.25, 0.3) is 0 Å². The van der Waals surface area contributed by atoms with E-state index in [1.54, 1.807) is 0 Å². The molecule has 9 aromatic carbocycles. The molecule has 0 amide bonds. The molecule has 5 aliphatic heterocycles. The van der Waals surface area contributed by atoms with Gasteiger partial charge in [0.1, 0.15) is 0 Å². The molecule has 20 rings (SSSR count). The minimum absolute atomic E-state index is 0.475. The van der Waals surface area contributed by atoms with E-state index >= 15 is 0 Å². The van der Waals surface area contributed by atoms with E-state index in [0.29, 0.717) is 6.54 Å². The first-order chi connectivity index (χ1) is 54.0. The maximum absolute atomic E-state index is 5.77. The number of H-pyrrole nitrogens is 4. The van der Waals surface area contributed by atoms with Crippen LogP contribution in [0.2, 0.25) is 0 Å². The molecule has 0 saturated carbocycles. The molecule has 109 heavy (non-hydrogen) atoms. The average Bonchev–Trinajstić information content (AvgIpc) is 1.61. The van der Waals surface area contributed by atoms with Crippen molar-refractivity contribution in [3.8, 4) is 89.0 Å². The van der Waals surface area contributed by atoms with Gasteiger partial charge in [-0.2, -0.15) is 0 Å². The highest BCUT2D eigenvalue weighted by Crippen LogP contribution is 2.46. The Bertz CT molecular complexity index is 6630. The zero-order valence-corrected chi connectivity index (χ0v) is 59.2. The molecule has 0 radical (unpaired) electrons. The Kier molecular flexibility index (Phi) is 16.1. The molecule has 0 aliphatic carbocycles. The van der Waals surface area contributed by atoms with Crippen LogP contribution in [-0.2, 0) is 0 Å². The second kappa shape index (κ2) is 27.4. The van der Waals surface area contributed by atoms with Crippen molar-refractivity contribution in [3.05, 3.63) is 378 Å². The number of rotatable bonds is 12. The Labute approximate surface area is 630 Å². The van der Waals surface area contributed by atoms with E-state index in [0.717, 1.165) is 201 Å². The largest absolute Gasteiger partial charge is 0.354 e. The van der Waals surface area contributed by atoms with Crippen LogP contribution in [0.15, 0.2) is 327 Å². The fourth-order valence-corrected chi connectivity index (χ4v) is 16.0. The fraction of sp³-hybridized carbons (Fsp3) is 0.0101. The molecule has 6 aromatic heterocycles. The highest BCUT2D eigenvalue weighted by atomic mass is 15.6. The molecular formula is C99H68N10. The van der Waals surface area contributed by atoms with Crippen LogP contribution in [0.5, 0.6) is 0 Å². The standard InChI is InChI=1S/C99H68N10/c1-10-28-65(29-11-1)90-75-48-50-77(100-75)92(67-32-14-3-15-33-67)81-56-58-85(104-81)96(71-40-22-7-23-41-71)98-73(60-87(106-98)94(69-36-18-5-19-37-69)83-54-52-79(90)102-83)47-46-64-62-108(74-44-26-9-27-45-74)109(63-64)89-61-88-95(70-38-20-6-21-39-70)84-55-53-80(103-84)91(66-30-12-2-13-31-66)76-49-51-78(101-76)93(68-34-16-4-17-35-68)82-57-59-86(105-82)97(99(89)107-88)72-42-24-8-25-43-72/h1-62,100-101,106-107H,63H2/b47-46-,90-75?,90-79?,91-76?,91-80?,92-77?,92-81?,93-78?,93-82?,94-83?,94-87?,95-84?,95-88?,96-85?,97-86?,98-96?,99-97?. The quantitative estimate of drug-likeness (QED) is 0.0967. The Morgan fingerprint density at radius 3 is 0.844 bits per heavy atom. The van der Waals surface area contributed by atoms with Crippen LogP contribution in [0.1, 0.15) is 51.1 Å². The zero-order valence-electron chi connectivity index (χ0n) is 59.2. The lowest BCUT2D eigenvalue weighted by Crippen LogP contribution is -2.35. The molecule has 514 valence electrons. The van der Waals surface area contributed by atoms with Gasteiger partial charge in [0.05, 0.1) is 80.0 Å². The molecule has 0 spiro atoms. The number of hydrazine groups is 1. The van der Waals surface area contributed by atoms with Crippen molar-refractivity contribution in [3.63, 3.8) is 0 Å². The number of nitrogens with zero attached hydrogens (tertiary/aromatic N) is 6. The van der Waals surface area contributed by atoms with E-state index in [4.69, 9.17) is 19.9 Å². The molecule has 16 bridgehead atoms. The van der Waals surface area contributed by atoms with E-state index in [1.165, 1.54) is 0 Å². The molecule has 0 atom stereocenters. The number of anilines is 2. The van der Waals surface area contributed by atoms with Crippen molar-refractivity contribution in [2.24, 2.45) is 0 Å². The minimum Gasteiger partial charge on any atom is -0.354 e. The van der Waals surface area contributed by atoms with Crippen molar-refractivity contribution in [1.82, 2.24) is 39.9 Å². The molecule has 11 heterocycles. The Morgan fingerprint density at radius 2 is 0.514 bits per heavy atom. The molecule has 0 unspecified atom stereocenters.